The van der Waals surface area contributed by atoms with E-state index in [9.17, 15) is 19.5 Å². The van der Waals surface area contributed by atoms with Gasteiger partial charge in [-0.15, -0.1) is 0 Å². The Balaban J connectivity index is 4.82. The molecule has 1 N–H and O–H groups in total. The van der Waals surface area contributed by atoms with Crippen LogP contribution in [-0.2, 0) is 28.6 Å². The van der Waals surface area contributed by atoms with Gasteiger partial charge in [-0.2, -0.15) is 0 Å². The smallest absolute Gasteiger partial charge is 0.333 e. The highest BCUT2D eigenvalue weighted by molar-refractivity contribution is 5.87. The summed E-state index contributed by atoms with van der Waals surface area (Å²) in [5.74, 6) is -1.70. The van der Waals surface area contributed by atoms with Crippen molar-refractivity contribution in [2.75, 3.05) is 26.4 Å². The van der Waals surface area contributed by atoms with Crippen LogP contribution in [0.5, 0.6) is 0 Å². The summed E-state index contributed by atoms with van der Waals surface area (Å²) in [6, 6.07) is 0. The van der Waals surface area contributed by atoms with Crippen LogP contribution in [0.15, 0.2) is 24.3 Å². The number of rotatable bonds is 15. The first-order chi connectivity index (χ1) is 13.2. The molecule has 0 aliphatic carbocycles. The van der Waals surface area contributed by atoms with Crippen LogP contribution in [-0.4, -0.2) is 49.4 Å². The van der Waals surface area contributed by atoms with Crippen molar-refractivity contribution in [3.8, 4) is 0 Å². The summed E-state index contributed by atoms with van der Waals surface area (Å²) in [7, 11) is 0. The van der Waals surface area contributed by atoms with Crippen molar-refractivity contribution >= 4 is 17.9 Å². The van der Waals surface area contributed by atoms with Crippen LogP contribution in [0, 0.1) is 5.41 Å². The molecule has 0 spiro atoms. The lowest BCUT2D eigenvalue weighted by Crippen LogP contribution is -2.42. The van der Waals surface area contributed by atoms with E-state index in [1.807, 2.05) is 0 Å². The number of ether oxygens (including phenoxy) is 3. The fraction of sp³-hybridized carbons (Fsp3) is 0.667. The minimum Gasteiger partial charge on any atom is -0.465 e. The molecule has 0 rings (SSSR count). The van der Waals surface area contributed by atoms with Gasteiger partial charge in [0.05, 0.1) is 12.0 Å². The number of unbranched alkanes of at least 4 members (excludes halogenated alkanes) is 4. The predicted molar refractivity (Wildman–Crippen MR) is 105 cm³/mol. The molecule has 28 heavy (non-hydrogen) atoms. The molecular formula is C21H34O7. The largest absolute Gasteiger partial charge is 0.465 e. The fourth-order valence-corrected chi connectivity index (χ4v) is 2.12. The summed E-state index contributed by atoms with van der Waals surface area (Å²) in [5, 5.41) is 9.85. The number of carbonyl (C=O) groups excluding carboxylic acids is 3. The lowest BCUT2D eigenvalue weighted by Gasteiger charge is -2.30. The summed E-state index contributed by atoms with van der Waals surface area (Å²) >= 11 is 0. The van der Waals surface area contributed by atoms with Gasteiger partial charge in [-0.25, -0.2) is 9.59 Å². The highest BCUT2D eigenvalue weighted by Gasteiger charge is 2.35. The first-order valence-corrected chi connectivity index (χ1v) is 9.59. The molecule has 0 unspecified atom stereocenters. The SMILES string of the molecule is C=C(C)C(=O)OCC(CO)(COC(=O)CCCCCCC)COC(=O)C(=C)C. The molecule has 0 aromatic heterocycles. The van der Waals surface area contributed by atoms with E-state index in [-0.39, 0.29) is 37.4 Å². The standard InChI is InChI=1S/C21H34O7/c1-6-7-8-9-10-11-18(23)26-13-21(12-22,14-27-19(24)16(2)3)15-28-20(25)17(4)5/h22H,2,4,6-15H2,1,3,5H3. The quantitative estimate of drug-likeness (QED) is 0.196. The van der Waals surface area contributed by atoms with Crippen LogP contribution in [0.4, 0.5) is 0 Å². The molecule has 0 atom stereocenters. The van der Waals surface area contributed by atoms with Crippen molar-refractivity contribution < 1.29 is 33.7 Å². The zero-order valence-electron chi connectivity index (χ0n) is 17.4. The summed E-state index contributed by atoms with van der Waals surface area (Å²) in [6.07, 6.45) is 5.25. The molecule has 7 nitrogen and oxygen atoms in total. The van der Waals surface area contributed by atoms with Gasteiger partial charge >= 0.3 is 17.9 Å². The van der Waals surface area contributed by atoms with E-state index in [4.69, 9.17) is 14.2 Å². The third-order valence-electron chi connectivity index (χ3n) is 4.08. The zero-order chi connectivity index (χ0) is 21.6. The first kappa shape index (κ1) is 25.9. The van der Waals surface area contributed by atoms with Gasteiger partial charge in [0.25, 0.3) is 0 Å². The Hall–Kier alpha value is -2.15. The molecule has 0 saturated heterocycles. The maximum absolute atomic E-state index is 12.0. The predicted octanol–water partition coefficient (Wildman–Crippen LogP) is 3.11. The van der Waals surface area contributed by atoms with Crippen LogP contribution in [0.25, 0.3) is 0 Å². The lowest BCUT2D eigenvalue weighted by molar-refractivity contribution is -0.162. The van der Waals surface area contributed by atoms with Crippen LogP contribution in [0.3, 0.4) is 0 Å². The average Bonchev–Trinajstić information content (AvgIpc) is 2.66. The van der Waals surface area contributed by atoms with Crippen LogP contribution < -0.4 is 0 Å². The van der Waals surface area contributed by atoms with E-state index in [0.717, 1.165) is 32.1 Å². The molecule has 7 heteroatoms. The highest BCUT2D eigenvalue weighted by Crippen LogP contribution is 2.21. The second kappa shape index (κ2) is 13.9. The maximum Gasteiger partial charge on any atom is 0.333 e. The molecule has 0 fully saturated rings. The monoisotopic (exact) mass is 398 g/mol. The minimum atomic E-state index is -1.26. The number of esters is 3. The third kappa shape index (κ3) is 10.9. The minimum absolute atomic E-state index is 0.190. The Bertz CT molecular complexity index is 521. The lowest BCUT2D eigenvalue weighted by atomic mass is 9.92. The number of hydrogen-bond acceptors (Lipinski definition) is 7. The van der Waals surface area contributed by atoms with Crippen LogP contribution in [0.2, 0.25) is 0 Å². The summed E-state index contributed by atoms with van der Waals surface area (Å²) in [6.45, 7) is 10.7. The number of aliphatic hydroxyl groups excluding tert-OH is 1. The van der Waals surface area contributed by atoms with Gasteiger partial charge in [-0.3, -0.25) is 4.79 Å². The molecule has 0 aliphatic heterocycles. The van der Waals surface area contributed by atoms with Crippen LogP contribution >= 0.6 is 0 Å². The molecular weight excluding hydrogens is 364 g/mol. The van der Waals surface area contributed by atoms with Gasteiger partial charge in [0.15, 0.2) is 0 Å². The van der Waals surface area contributed by atoms with Gasteiger partial charge in [-0.1, -0.05) is 45.8 Å². The summed E-state index contributed by atoms with van der Waals surface area (Å²) in [4.78, 5) is 35.4. The first-order valence-electron chi connectivity index (χ1n) is 9.59. The topological polar surface area (TPSA) is 99.1 Å². The Labute approximate surface area is 167 Å². The molecule has 0 aliphatic rings. The van der Waals surface area contributed by atoms with Crippen molar-refractivity contribution in [3.05, 3.63) is 24.3 Å². The maximum atomic E-state index is 12.0. The Kier molecular flexibility index (Phi) is 12.9. The van der Waals surface area contributed by atoms with Gasteiger partial charge in [0.1, 0.15) is 19.8 Å². The van der Waals surface area contributed by atoms with E-state index in [1.165, 1.54) is 13.8 Å². The van der Waals surface area contributed by atoms with Crippen molar-refractivity contribution in [1.82, 2.24) is 0 Å². The van der Waals surface area contributed by atoms with E-state index in [1.54, 1.807) is 0 Å². The van der Waals surface area contributed by atoms with Crippen molar-refractivity contribution in [2.24, 2.45) is 5.41 Å². The van der Waals surface area contributed by atoms with Gasteiger partial charge in [0, 0.05) is 17.6 Å². The van der Waals surface area contributed by atoms with Gasteiger partial charge in [0.2, 0.25) is 0 Å². The van der Waals surface area contributed by atoms with E-state index < -0.39 is 29.9 Å². The number of hydrogen-bond donors (Lipinski definition) is 1. The molecule has 0 saturated carbocycles. The molecule has 0 aromatic carbocycles. The average molecular weight is 398 g/mol. The highest BCUT2D eigenvalue weighted by atomic mass is 16.6. The Morgan fingerprint density at radius 2 is 1.29 bits per heavy atom. The van der Waals surface area contributed by atoms with Crippen molar-refractivity contribution in [2.45, 2.75) is 59.3 Å². The second-order valence-electron chi connectivity index (χ2n) is 7.20. The normalized spacial score (nSPS) is 10.9. The van der Waals surface area contributed by atoms with E-state index in [2.05, 4.69) is 20.1 Å². The zero-order valence-corrected chi connectivity index (χ0v) is 17.4. The van der Waals surface area contributed by atoms with Crippen molar-refractivity contribution in [1.29, 1.82) is 0 Å². The van der Waals surface area contributed by atoms with E-state index in [0.29, 0.717) is 0 Å². The summed E-state index contributed by atoms with van der Waals surface area (Å²) < 4.78 is 15.5. The van der Waals surface area contributed by atoms with Gasteiger partial charge in [-0.05, 0) is 20.3 Å². The van der Waals surface area contributed by atoms with E-state index >= 15 is 0 Å². The van der Waals surface area contributed by atoms with Gasteiger partial charge < -0.3 is 19.3 Å². The molecule has 0 amide bonds. The molecule has 0 aromatic rings. The van der Waals surface area contributed by atoms with Crippen LogP contribution in [0.1, 0.15) is 59.3 Å². The molecule has 0 bridgehead atoms. The fourth-order valence-electron chi connectivity index (χ4n) is 2.12. The Morgan fingerprint density at radius 3 is 1.71 bits per heavy atom. The number of carbonyl (C=O) groups is 3. The Morgan fingerprint density at radius 1 is 0.821 bits per heavy atom. The molecule has 0 heterocycles. The molecule has 0 radical (unpaired) electrons. The third-order valence-corrected chi connectivity index (χ3v) is 4.08. The number of aliphatic hydroxyl groups is 1. The van der Waals surface area contributed by atoms with Crippen molar-refractivity contribution in [3.63, 3.8) is 0 Å². The molecule has 160 valence electrons. The summed E-state index contributed by atoms with van der Waals surface area (Å²) in [5.41, 5.74) is -0.877. The second-order valence-corrected chi connectivity index (χ2v) is 7.20.